The van der Waals surface area contributed by atoms with Crippen molar-refractivity contribution in [1.82, 2.24) is 9.97 Å². The van der Waals surface area contributed by atoms with E-state index in [1.54, 1.807) is 11.8 Å². The van der Waals surface area contributed by atoms with E-state index in [1.165, 1.54) is 5.56 Å². The second-order valence-corrected chi connectivity index (χ2v) is 4.88. The molecule has 0 saturated heterocycles. The molecule has 5 heteroatoms. The zero-order chi connectivity index (χ0) is 12.4. The minimum Gasteiger partial charge on any atom is -0.383 e. The Labute approximate surface area is 104 Å². The Hall–Kier alpha value is -1.75. The molecule has 17 heavy (non-hydrogen) atoms. The van der Waals surface area contributed by atoms with E-state index in [9.17, 15) is 0 Å². The molecule has 2 rings (SSSR count). The van der Waals surface area contributed by atoms with Gasteiger partial charge in [-0.2, -0.15) is 4.98 Å². The van der Waals surface area contributed by atoms with E-state index >= 15 is 0 Å². The van der Waals surface area contributed by atoms with Gasteiger partial charge in [0.2, 0.25) is 5.95 Å². The first-order chi connectivity index (χ1) is 8.06. The number of nitrogens with zero attached hydrogens (tertiary/aromatic N) is 2. The lowest BCUT2D eigenvalue weighted by atomic mass is 10.2. The van der Waals surface area contributed by atoms with Gasteiger partial charge in [-0.15, -0.1) is 0 Å². The third-order valence-electron chi connectivity index (χ3n) is 2.32. The lowest BCUT2D eigenvalue weighted by Crippen LogP contribution is -2.03. The first-order valence-corrected chi connectivity index (χ1v) is 6.02. The maximum Gasteiger partial charge on any atom is 0.222 e. The van der Waals surface area contributed by atoms with Gasteiger partial charge in [0.1, 0.15) is 5.82 Å². The van der Waals surface area contributed by atoms with Crippen LogP contribution in [0.1, 0.15) is 11.3 Å². The average Bonchev–Trinajstić information content (AvgIpc) is 2.26. The smallest absolute Gasteiger partial charge is 0.222 e. The molecule has 0 fully saturated rings. The third kappa shape index (κ3) is 2.68. The van der Waals surface area contributed by atoms with Gasteiger partial charge in [-0.25, -0.2) is 4.98 Å². The Morgan fingerprint density at radius 3 is 2.24 bits per heavy atom. The van der Waals surface area contributed by atoms with Crippen LogP contribution in [-0.4, -0.2) is 9.97 Å². The molecule has 0 bridgehead atoms. The average molecular weight is 246 g/mol. The van der Waals surface area contributed by atoms with Crippen molar-refractivity contribution >= 4 is 23.5 Å². The van der Waals surface area contributed by atoms with E-state index in [1.807, 2.05) is 6.92 Å². The molecule has 0 atom stereocenters. The summed E-state index contributed by atoms with van der Waals surface area (Å²) in [7, 11) is 0. The van der Waals surface area contributed by atoms with E-state index in [2.05, 4.69) is 41.2 Å². The third-order valence-corrected chi connectivity index (χ3v) is 3.54. The highest BCUT2D eigenvalue weighted by atomic mass is 32.2. The van der Waals surface area contributed by atoms with E-state index in [4.69, 9.17) is 11.5 Å². The topological polar surface area (TPSA) is 77.8 Å². The molecule has 0 saturated carbocycles. The summed E-state index contributed by atoms with van der Waals surface area (Å²) in [5.41, 5.74) is 13.4. The molecule has 1 heterocycles. The summed E-state index contributed by atoms with van der Waals surface area (Å²) in [5.74, 6) is 0.647. The highest BCUT2D eigenvalue weighted by molar-refractivity contribution is 7.99. The molecule has 0 aliphatic rings. The lowest BCUT2D eigenvalue weighted by Gasteiger charge is -2.08. The highest BCUT2D eigenvalue weighted by Crippen LogP contribution is 2.33. The molecule has 88 valence electrons. The molecule has 2 aromatic rings. The minimum absolute atomic E-state index is 0.216. The van der Waals surface area contributed by atoms with E-state index in [0.29, 0.717) is 5.82 Å². The van der Waals surface area contributed by atoms with Gasteiger partial charge in [-0.1, -0.05) is 29.5 Å². The predicted octanol–water partition coefficient (Wildman–Crippen LogP) is 2.41. The molecule has 0 unspecified atom stereocenters. The van der Waals surface area contributed by atoms with Crippen LogP contribution in [0.15, 0.2) is 34.1 Å². The van der Waals surface area contributed by atoms with Gasteiger partial charge in [-0.05, 0) is 26.0 Å². The van der Waals surface area contributed by atoms with Crippen molar-refractivity contribution in [2.24, 2.45) is 0 Å². The van der Waals surface area contributed by atoms with Crippen LogP contribution in [0.25, 0.3) is 0 Å². The van der Waals surface area contributed by atoms with Gasteiger partial charge in [0.25, 0.3) is 0 Å². The summed E-state index contributed by atoms with van der Waals surface area (Å²) in [6.07, 6.45) is 0. The number of benzene rings is 1. The number of aryl methyl sites for hydroxylation is 2. The lowest BCUT2D eigenvalue weighted by molar-refractivity contribution is 1.05. The van der Waals surface area contributed by atoms with Crippen molar-refractivity contribution in [3.05, 3.63) is 35.5 Å². The van der Waals surface area contributed by atoms with Gasteiger partial charge in [-0.3, -0.25) is 0 Å². The van der Waals surface area contributed by atoms with Gasteiger partial charge in [0, 0.05) is 4.90 Å². The largest absolute Gasteiger partial charge is 0.383 e. The second kappa shape index (κ2) is 4.63. The molecular weight excluding hydrogens is 232 g/mol. The summed E-state index contributed by atoms with van der Waals surface area (Å²) < 4.78 is 0. The summed E-state index contributed by atoms with van der Waals surface area (Å²) in [6, 6.07) is 8.22. The molecule has 0 radical (unpaired) electrons. The number of nitrogen functional groups attached to an aromatic ring is 2. The molecule has 0 aliphatic heterocycles. The number of aromatic nitrogens is 2. The van der Waals surface area contributed by atoms with Crippen LogP contribution in [0.4, 0.5) is 11.8 Å². The Balaban J connectivity index is 2.33. The van der Waals surface area contributed by atoms with Crippen molar-refractivity contribution in [2.45, 2.75) is 23.6 Å². The molecule has 0 amide bonds. The summed E-state index contributed by atoms with van der Waals surface area (Å²) in [6.45, 7) is 3.94. The molecule has 1 aromatic heterocycles. The zero-order valence-electron chi connectivity index (χ0n) is 9.77. The van der Waals surface area contributed by atoms with Crippen molar-refractivity contribution < 1.29 is 0 Å². The second-order valence-electron chi connectivity index (χ2n) is 3.80. The molecule has 0 spiro atoms. The van der Waals surface area contributed by atoms with Crippen LogP contribution in [0.5, 0.6) is 0 Å². The van der Waals surface area contributed by atoms with Gasteiger partial charge in [0.15, 0.2) is 0 Å². The van der Waals surface area contributed by atoms with Crippen LogP contribution < -0.4 is 11.5 Å². The van der Waals surface area contributed by atoms with Crippen molar-refractivity contribution in [2.75, 3.05) is 11.5 Å². The van der Waals surface area contributed by atoms with Crippen molar-refractivity contribution in [3.63, 3.8) is 0 Å². The van der Waals surface area contributed by atoms with E-state index < -0.39 is 0 Å². The van der Waals surface area contributed by atoms with Gasteiger partial charge < -0.3 is 11.5 Å². The minimum atomic E-state index is 0.216. The first-order valence-electron chi connectivity index (χ1n) is 5.20. The van der Waals surface area contributed by atoms with Crippen LogP contribution >= 0.6 is 11.8 Å². The zero-order valence-corrected chi connectivity index (χ0v) is 10.6. The number of hydrogen-bond donors (Lipinski definition) is 2. The van der Waals surface area contributed by atoms with Crippen molar-refractivity contribution in [3.8, 4) is 0 Å². The van der Waals surface area contributed by atoms with E-state index in [-0.39, 0.29) is 5.95 Å². The molecule has 1 aromatic carbocycles. The Morgan fingerprint density at radius 2 is 1.65 bits per heavy atom. The molecule has 0 aliphatic carbocycles. The number of anilines is 2. The van der Waals surface area contributed by atoms with Crippen LogP contribution in [0, 0.1) is 13.8 Å². The summed E-state index contributed by atoms with van der Waals surface area (Å²) in [5, 5.41) is 0. The first kappa shape index (κ1) is 11.7. The standard InChI is InChI=1S/C12H14N4S/c1-7-3-5-9(6-4-7)17-10-8(2)15-12(14)16-11(10)13/h3-6H,1-2H3,(H4,13,14,15,16). The highest BCUT2D eigenvalue weighted by Gasteiger charge is 2.09. The monoisotopic (exact) mass is 246 g/mol. The number of rotatable bonds is 2. The Morgan fingerprint density at radius 1 is 1.00 bits per heavy atom. The molecular formula is C12H14N4S. The van der Waals surface area contributed by atoms with Crippen LogP contribution in [-0.2, 0) is 0 Å². The van der Waals surface area contributed by atoms with Crippen LogP contribution in [0.2, 0.25) is 0 Å². The number of nitrogens with two attached hydrogens (primary N) is 2. The fourth-order valence-corrected chi connectivity index (χ4v) is 2.31. The van der Waals surface area contributed by atoms with Crippen molar-refractivity contribution in [1.29, 1.82) is 0 Å². The maximum absolute atomic E-state index is 5.85. The fourth-order valence-electron chi connectivity index (χ4n) is 1.46. The summed E-state index contributed by atoms with van der Waals surface area (Å²) >= 11 is 1.55. The Kier molecular flexibility index (Phi) is 3.19. The van der Waals surface area contributed by atoms with Gasteiger partial charge >= 0.3 is 0 Å². The SMILES string of the molecule is Cc1ccc(Sc2c(C)nc(N)nc2N)cc1. The Bertz CT molecular complexity index is 514. The molecule has 4 N–H and O–H groups in total. The quantitative estimate of drug-likeness (QED) is 0.850. The predicted molar refractivity (Wildman–Crippen MR) is 70.9 cm³/mol. The maximum atomic E-state index is 5.85. The summed E-state index contributed by atoms with van der Waals surface area (Å²) in [4.78, 5) is 10.1. The van der Waals surface area contributed by atoms with Gasteiger partial charge in [0.05, 0.1) is 10.6 Å². The van der Waals surface area contributed by atoms with E-state index in [0.717, 1.165) is 15.5 Å². The normalized spacial score (nSPS) is 10.5. The van der Waals surface area contributed by atoms with Crippen LogP contribution in [0.3, 0.4) is 0 Å². The molecule has 4 nitrogen and oxygen atoms in total. The number of hydrogen-bond acceptors (Lipinski definition) is 5. The fraction of sp³-hybridized carbons (Fsp3) is 0.167.